The van der Waals surface area contributed by atoms with Crippen molar-refractivity contribution in [3.63, 3.8) is 0 Å². The maximum atomic E-state index is 11.0. The van der Waals surface area contributed by atoms with Gasteiger partial charge >= 0.3 is 6.18 Å². The first-order valence-electron chi connectivity index (χ1n) is 1.84. The van der Waals surface area contributed by atoms with Gasteiger partial charge in [-0.3, -0.25) is 0 Å². The molecule has 0 aliphatic heterocycles. The summed E-state index contributed by atoms with van der Waals surface area (Å²) in [5, 5.41) is 15.5. The van der Waals surface area contributed by atoms with Gasteiger partial charge in [0, 0.05) is 0 Å². The molecule has 2 N–H and O–H groups in total. The summed E-state index contributed by atoms with van der Waals surface area (Å²) < 4.78 is 33.1. The highest BCUT2D eigenvalue weighted by Crippen LogP contribution is 2.18. The standard InChI is InChI=1S/C3H5F3O2/c4-3(5,6)2(8)1-7/h2,7-8H,1H2. The molecule has 0 aromatic rings. The van der Waals surface area contributed by atoms with E-state index in [0.29, 0.717) is 0 Å². The molecule has 1 unspecified atom stereocenters. The maximum absolute atomic E-state index is 11.0. The summed E-state index contributed by atoms with van der Waals surface area (Å²) in [5.41, 5.74) is 0. The second-order valence-corrected chi connectivity index (χ2v) is 1.24. The van der Waals surface area contributed by atoms with Gasteiger partial charge in [0.05, 0.1) is 6.61 Å². The molecule has 5 heteroatoms. The SMILES string of the molecule is OCC(O)C(F)(F)F. The number of rotatable bonds is 1. The van der Waals surface area contributed by atoms with Crippen molar-refractivity contribution in [2.24, 2.45) is 0 Å². The van der Waals surface area contributed by atoms with Gasteiger partial charge < -0.3 is 10.2 Å². The first-order valence-corrected chi connectivity index (χ1v) is 1.84. The molecule has 0 saturated heterocycles. The van der Waals surface area contributed by atoms with Crippen LogP contribution in [0.15, 0.2) is 0 Å². The highest BCUT2D eigenvalue weighted by molar-refractivity contribution is 4.61. The first kappa shape index (κ1) is 7.71. The molecular formula is C3H5F3O2. The summed E-state index contributed by atoms with van der Waals surface area (Å²) in [5.74, 6) is 0. The zero-order chi connectivity index (χ0) is 6.78. The van der Waals surface area contributed by atoms with Crippen molar-refractivity contribution in [1.82, 2.24) is 0 Å². The summed E-state index contributed by atoms with van der Waals surface area (Å²) in [6.07, 6.45) is -7.28. The maximum Gasteiger partial charge on any atom is 0.416 e. The van der Waals surface area contributed by atoms with Crippen molar-refractivity contribution in [3.8, 4) is 0 Å². The van der Waals surface area contributed by atoms with Crippen LogP contribution in [-0.4, -0.2) is 29.1 Å². The van der Waals surface area contributed by atoms with Crippen LogP contribution < -0.4 is 0 Å². The van der Waals surface area contributed by atoms with Crippen LogP contribution in [0.1, 0.15) is 0 Å². The molecule has 1 atom stereocenters. The molecule has 0 saturated carbocycles. The molecule has 0 radical (unpaired) electrons. The third-order valence-corrected chi connectivity index (χ3v) is 0.551. The lowest BCUT2D eigenvalue weighted by Crippen LogP contribution is -2.31. The van der Waals surface area contributed by atoms with Crippen molar-refractivity contribution in [2.75, 3.05) is 6.61 Å². The fourth-order valence-electron chi connectivity index (χ4n) is 0.104. The lowest BCUT2D eigenvalue weighted by molar-refractivity contribution is -0.212. The van der Waals surface area contributed by atoms with E-state index in [-0.39, 0.29) is 0 Å². The molecule has 0 spiro atoms. The molecular weight excluding hydrogens is 125 g/mol. The smallest absolute Gasteiger partial charge is 0.393 e. The third kappa shape index (κ3) is 2.13. The molecule has 50 valence electrons. The number of hydrogen-bond acceptors (Lipinski definition) is 2. The lowest BCUT2D eigenvalue weighted by Gasteiger charge is -2.09. The second kappa shape index (κ2) is 2.32. The predicted octanol–water partition coefficient (Wildman–Crippen LogP) is -0.0981. The van der Waals surface area contributed by atoms with Crippen LogP contribution in [0.4, 0.5) is 13.2 Å². The van der Waals surface area contributed by atoms with E-state index in [4.69, 9.17) is 10.2 Å². The Morgan fingerprint density at radius 2 is 1.75 bits per heavy atom. The molecule has 0 heterocycles. The molecule has 8 heavy (non-hydrogen) atoms. The highest BCUT2D eigenvalue weighted by Gasteiger charge is 2.37. The minimum Gasteiger partial charge on any atom is -0.393 e. The highest BCUT2D eigenvalue weighted by atomic mass is 19.4. The van der Waals surface area contributed by atoms with Gasteiger partial charge in [0.1, 0.15) is 0 Å². The van der Waals surface area contributed by atoms with Gasteiger partial charge in [-0.05, 0) is 0 Å². The number of aliphatic hydroxyl groups is 2. The number of alkyl halides is 3. The van der Waals surface area contributed by atoms with Crippen molar-refractivity contribution in [3.05, 3.63) is 0 Å². The van der Waals surface area contributed by atoms with E-state index >= 15 is 0 Å². The summed E-state index contributed by atoms with van der Waals surface area (Å²) in [6, 6.07) is 0. The monoisotopic (exact) mass is 130 g/mol. The molecule has 0 aliphatic rings. The Kier molecular flexibility index (Phi) is 2.24. The van der Waals surface area contributed by atoms with Gasteiger partial charge in [-0.2, -0.15) is 13.2 Å². The van der Waals surface area contributed by atoms with Gasteiger partial charge in [-0.1, -0.05) is 0 Å². The molecule has 0 rings (SSSR count). The lowest BCUT2D eigenvalue weighted by atomic mass is 10.4. The van der Waals surface area contributed by atoms with E-state index in [2.05, 4.69) is 0 Å². The van der Waals surface area contributed by atoms with Crippen molar-refractivity contribution >= 4 is 0 Å². The van der Waals surface area contributed by atoms with E-state index in [0.717, 1.165) is 0 Å². The van der Waals surface area contributed by atoms with Gasteiger partial charge in [0.25, 0.3) is 0 Å². The van der Waals surface area contributed by atoms with E-state index in [1.807, 2.05) is 0 Å². The van der Waals surface area contributed by atoms with E-state index in [1.165, 1.54) is 0 Å². The van der Waals surface area contributed by atoms with Crippen LogP contribution in [-0.2, 0) is 0 Å². The molecule has 0 bridgehead atoms. The predicted molar refractivity (Wildman–Crippen MR) is 19.1 cm³/mol. The van der Waals surface area contributed by atoms with Crippen LogP contribution in [0.2, 0.25) is 0 Å². The zero-order valence-electron chi connectivity index (χ0n) is 3.81. The topological polar surface area (TPSA) is 40.5 Å². The first-order chi connectivity index (χ1) is 3.48. The molecule has 2 nitrogen and oxygen atoms in total. The Labute approximate surface area is 43.6 Å². The molecule has 0 fully saturated rings. The Bertz CT molecular complexity index is 69.4. The average Bonchev–Trinajstić information content (AvgIpc) is 1.62. The Morgan fingerprint density at radius 1 is 1.38 bits per heavy atom. The fourth-order valence-corrected chi connectivity index (χ4v) is 0.104. The Hall–Kier alpha value is -0.290. The molecule has 0 aliphatic carbocycles. The quantitative estimate of drug-likeness (QED) is 0.520. The van der Waals surface area contributed by atoms with Crippen molar-refractivity contribution in [2.45, 2.75) is 12.3 Å². The zero-order valence-corrected chi connectivity index (χ0v) is 3.81. The van der Waals surface area contributed by atoms with Crippen LogP contribution >= 0.6 is 0 Å². The van der Waals surface area contributed by atoms with Crippen LogP contribution in [0.5, 0.6) is 0 Å². The molecule has 0 aromatic carbocycles. The van der Waals surface area contributed by atoms with Gasteiger partial charge in [0.15, 0.2) is 6.10 Å². The largest absolute Gasteiger partial charge is 0.416 e. The van der Waals surface area contributed by atoms with Gasteiger partial charge in [-0.25, -0.2) is 0 Å². The van der Waals surface area contributed by atoms with Crippen LogP contribution in [0.3, 0.4) is 0 Å². The summed E-state index contributed by atoms with van der Waals surface area (Å²) in [7, 11) is 0. The normalized spacial score (nSPS) is 16.1. The summed E-state index contributed by atoms with van der Waals surface area (Å²) in [6.45, 7) is -1.27. The van der Waals surface area contributed by atoms with Gasteiger partial charge in [0.2, 0.25) is 0 Å². The third-order valence-electron chi connectivity index (χ3n) is 0.551. The fraction of sp³-hybridized carbons (Fsp3) is 1.00. The van der Waals surface area contributed by atoms with Gasteiger partial charge in [-0.15, -0.1) is 0 Å². The average molecular weight is 130 g/mol. The second-order valence-electron chi connectivity index (χ2n) is 1.24. The number of halogens is 3. The van der Waals surface area contributed by atoms with Crippen molar-refractivity contribution in [1.29, 1.82) is 0 Å². The van der Waals surface area contributed by atoms with E-state index < -0.39 is 18.9 Å². The number of aliphatic hydroxyl groups excluding tert-OH is 2. The Balaban J connectivity index is 3.62. The molecule has 0 aromatic heterocycles. The minimum absolute atomic E-state index is 1.27. The summed E-state index contributed by atoms with van der Waals surface area (Å²) >= 11 is 0. The minimum atomic E-state index is -4.69. The van der Waals surface area contributed by atoms with Crippen LogP contribution in [0.25, 0.3) is 0 Å². The summed E-state index contributed by atoms with van der Waals surface area (Å²) in [4.78, 5) is 0. The van der Waals surface area contributed by atoms with E-state index in [9.17, 15) is 13.2 Å². The number of hydrogen-bond donors (Lipinski definition) is 2. The molecule has 0 amide bonds. The van der Waals surface area contributed by atoms with Crippen LogP contribution in [0, 0.1) is 0 Å². The Morgan fingerprint density at radius 3 is 1.75 bits per heavy atom. The van der Waals surface area contributed by atoms with E-state index in [1.54, 1.807) is 0 Å². The van der Waals surface area contributed by atoms with Crippen molar-refractivity contribution < 1.29 is 23.4 Å².